The summed E-state index contributed by atoms with van der Waals surface area (Å²) < 4.78 is 28.3. The molecule has 0 spiro atoms. The average Bonchev–Trinajstić information content (AvgIpc) is 2.91. The van der Waals surface area contributed by atoms with Crippen molar-refractivity contribution in [1.29, 1.82) is 0 Å². The maximum atomic E-state index is 12.5. The van der Waals surface area contributed by atoms with Gasteiger partial charge in [0, 0.05) is 16.3 Å². The van der Waals surface area contributed by atoms with E-state index in [1.807, 2.05) is 13.0 Å². The van der Waals surface area contributed by atoms with Gasteiger partial charge < -0.3 is 0 Å². The number of alkyl halides is 1. The molecular weight excluding hydrogens is 314 g/mol. The molecule has 3 nitrogen and oxygen atoms in total. The molecule has 0 radical (unpaired) electrons. The quantitative estimate of drug-likeness (QED) is 0.832. The van der Waals surface area contributed by atoms with Crippen molar-refractivity contribution in [2.75, 3.05) is 5.88 Å². The highest BCUT2D eigenvalue weighted by molar-refractivity contribution is 7.91. The first-order valence-electron chi connectivity index (χ1n) is 7.09. The van der Waals surface area contributed by atoms with Crippen molar-refractivity contribution in [2.24, 2.45) is 5.92 Å². The van der Waals surface area contributed by atoms with Gasteiger partial charge >= 0.3 is 0 Å². The van der Waals surface area contributed by atoms with Gasteiger partial charge in [0.2, 0.25) is 0 Å². The van der Waals surface area contributed by atoms with Crippen molar-refractivity contribution < 1.29 is 8.42 Å². The Balaban J connectivity index is 2.17. The van der Waals surface area contributed by atoms with E-state index in [4.69, 9.17) is 11.6 Å². The number of thiophene rings is 1. The molecule has 0 unspecified atom stereocenters. The summed E-state index contributed by atoms with van der Waals surface area (Å²) in [5, 5.41) is 0. The zero-order chi connectivity index (χ0) is 14.8. The van der Waals surface area contributed by atoms with Gasteiger partial charge in [-0.1, -0.05) is 13.8 Å². The van der Waals surface area contributed by atoms with E-state index in [1.165, 1.54) is 11.3 Å². The second-order valence-electron chi connectivity index (χ2n) is 5.78. The summed E-state index contributed by atoms with van der Waals surface area (Å²) >= 11 is 7.43. The van der Waals surface area contributed by atoms with Crippen molar-refractivity contribution >= 4 is 33.0 Å². The summed E-state index contributed by atoms with van der Waals surface area (Å²) in [6.07, 6.45) is 4.56. The van der Waals surface area contributed by atoms with Crippen molar-refractivity contribution in [2.45, 2.75) is 55.7 Å². The third-order valence-electron chi connectivity index (χ3n) is 4.09. The first-order chi connectivity index (χ1) is 9.41. The third-order valence-corrected chi connectivity index (χ3v) is 7.90. The van der Waals surface area contributed by atoms with Crippen LogP contribution in [0.3, 0.4) is 0 Å². The molecule has 1 fully saturated rings. The Hall–Kier alpha value is -0.100. The maximum absolute atomic E-state index is 12.5. The predicted molar refractivity (Wildman–Crippen MR) is 85.1 cm³/mol. The van der Waals surface area contributed by atoms with Crippen molar-refractivity contribution in [3.8, 4) is 0 Å². The largest absolute Gasteiger partial charge is 0.250 e. The first-order valence-corrected chi connectivity index (χ1v) is 9.93. The number of nitrogens with one attached hydrogen (secondary N) is 1. The molecule has 1 N–H and O–H groups in total. The molecule has 0 bridgehead atoms. The summed E-state index contributed by atoms with van der Waals surface area (Å²) in [4.78, 5) is 1.09. The van der Waals surface area contributed by atoms with E-state index in [1.54, 1.807) is 6.07 Å². The van der Waals surface area contributed by atoms with Crippen LogP contribution in [-0.2, 0) is 16.4 Å². The van der Waals surface area contributed by atoms with Gasteiger partial charge in [-0.2, -0.15) is 0 Å². The number of aryl methyl sites for hydroxylation is 1. The molecule has 20 heavy (non-hydrogen) atoms. The SMILES string of the molecule is CCc1ccc(S(=O)(=O)NC2(CCl)CCC(C)CC2)s1. The summed E-state index contributed by atoms with van der Waals surface area (Å²) in [6, 6.07) is 3.58. The van der Waals surface area contributed by atoms with E-state index >= 15 is 0 Å². The molecule has 0 aromatic carbocycles. The Labute approximate surface area is 130 Å². The molecule has 1 aromatic heterocycles. The number of halogens is 1. The molecule has 1 heterocycles. The molecule has 0 atom stereocenters. The van der Waals surface area contributed by atoms with E-state index < -0.39 is 15.6 Å². The van der Waals surface area contributed by atoms with Crippen LogP contribution in [0.5, 0.6) is 0 Å². The summed E-state index contributed by atoms with van der Waals surface area (Å²) in [7, 11) is -3.45. The Morgan fingerprint density at radius 2 is 2.05 bits per heavy atom. The third kappa shape index (κ3) is 3.56. The lowest BCUT2D eigenvalue weighted by Crippen LogP contribution is -2.51. The lowest BCUT2D eigenvalue weighted by atomic mass is 9.79. The second kappa shape index (κ2) is 6.34. The van der Waals surface area contributed by atoms with E-state index in [0.29, 0.717) is 16.0 Å². The van der Waals surface area contributed by atoms with Crippen LogP contribution in [0.2, 0.25) is 0 Å². The van der Waals surface area contributed by atoms with Gasteiger partial charge in [-0.3, -0.25) is 0 Å². The fourth-order valence-corrected chi connectivity index (χ4v) is 5.77. The molecule has 114 valence electrons. The number of sulfonamides is 1. The number of rotatable bonds is 5. The highest BCUT2D eigenvalue weighted by atomic mass is 35.5. The Morgan fingerprint density at radius 1 is 1.40 bits per heavy atom. The minimum atomic E-state index is -3.45. The van der Waals surface area contributed by atoms with Crippen LogP contribution < -0.4 is 4.72 Å². The van der Waals surface area contributed by atoms with Crippen LogP contribution >= 0.6 is 22.9 Å². The molecule has 1 aliphatic carbocycles. The van der Waals surface area contributed by atoms with Gasteiger partial charge in [-0.25, -0.2) is 13.1 Å². The van der Waals surface area contributed by atoms with Gasteiger partial charge in [-0.05, 0) is 50.2 Å². The molecular formula is C14H22ClNO2S2. The van der Waals surface area contributed by atoms with E-state index in [0.717, 1.165) is 37.0 Å². The maximum Gasteiger partial charge on any atom is 0.250 e. The van der Waals surface area contributed by atoms with Gasteiger partial charge in [-0.15, -0.1) is 22.9 Å². The fourth-order valence-electron chi connectivity index (χ4n) is 2.61. The lowest BCUT2D eigenvalue weighted by molar-refractivity contribution is 0.247. The molecule has 0 saturated heterocycles. The number of hydrogen-bond acceptors (Lipinski definition) is 3. The molecule has 1 saturated carbocycles. The number of hydrogen-bond donors (Lipinski definition) is 1. The van der Waals surface area contributed by atoms with Crippen molar-refractivity contribution in [3.63, 3.8) is 0 Å². The lowest BCUT2D eigenvalue weighted by Gasteiger charge is -2.38. The van der Waals surface area contributed by atoms with Crippen LogP contribution in [0.4, 0.5) is 0 Å². The summed E-state index contributed by atoms with van der Waals surface area (Å²) in [5.41, 5.74) is -0.469. The zero-order valence-corrected chi connectivity index (χ0v) is 14.4. The van der Waals surface area contributed by atoms with Crippen LogP contribution in [0.1, 0.15) is 44.4 Å². The Kier molecular flexibility index (Phi) is 5.16. The van der Waals surface area contributed by atoms with E-state index in [9.17, 15) is 8.42 Å². The average molecular weight is 336 g/mol. The normalized spacial score (nSPS) is 27.6. The van der Waals surface area contributed by atoms with Gasteiger partial charge in [0.1, 0.15) is 4.21 Å². The predicted octanol–water partition coefficient (Wildman–Crippen LogP) is 3.78. The van der Waals surface area contributed by atoms with Crippen molar-refractivity contribution in [1.82, 2.24) is 4.72 Å². The van der Waals surface area contributed by atoms with Crippen molar-refractivity contribution in [3.05, 3.63) is 17.0 Å². The molecule has 0 aliphatic heterocycles. The highest BCUT2D eigenvalue weighted by Gasteiger charge is 2.37. The Bertz CT molecular complexity index is 545. The fraction of sp³-hybridized carbons (Fsp3) is 0.714. The summed E-state index contributed by atoms with van der Waals surface area (Å²) in [6.45, 7) is 4.23. The minimum absolute atomic E-state index is 0.338. The van der Waals surface area contributed by atoms with Gasteiger partial charge in [0.25, 0.3) is 10.0 Å². The standard InChI is InChI=1S/C14H22ClNO2S2/c1-3-12-4-5-13(19-12)20(17,18)16-14(10-15)8-6-11(2)7-9-14/h4-5,11,16H,3,6-10H2,1-2H3. The second-order valence-corrected chi connectivity index (χ2v) is 9.12. The molecule has 6 heteroatoms. The van der Waals surface area contributed by atoms with E-state index in [2.05, 4.69) is 11.6 Å². The topological polar surface area (TPSA) is 46.2 Å². The minimum Gasteiger partial charge on any atom is -0.206 e. The zero-order valence-electron chi connectivity index (χ0n) is 12.0. The Morgan fingerprint density at radius 3 is 2.55 bits per heavy atom. The molecule has 0 amide bonds. The molecule has 1 aromatic rings. The molecule has 2 rings (SSSR count). The van der Waals surface area contributed by atoms with E-state index in [-0.39, 0.29) is 0 Å². The smallest absolute Gasteiger partial charge is 0.206 e. The van der Waals surface area contributed by atoms with Crippen LogP contribution in [0.15, 0.2) is 16.3 Å². The van der Waals surface area contributed by atoms with Gasteiger partial charge in [0.15, 0.2) is 0 Å². The molecule has 1 aliphatic rings. The first kappa shape index (κ1) is 16.3. The van der Waals surface area contributed by atoms with Gasteiger partial charge in [0.05, 0.1) is 0 Å². The van der Waals surface area contributed by atoms with Crippen LogP contribution in [0.25, 0.3) is 0 Å². The van der Waals surface area contributed by atoms with Crippen LogP contribution in [-0.4, -0.2) is 19.8 Å². The monoisotopic (exact) mass is 335 g/mol. The summed E-state index contributed by atoms with van der Waals surface area (Å²) in [5.74, 6) is 0.995. The van der Waals surface area contributed by atoms with Crippen LogP contribution in [0, 0.1) is 5.92 Å². The highest BCUT2D eigenvalue weighted by Crippen LogP contribution is 2.34.